The normalized spacial score (nSPS) is 13.1. The van der Waals surface area contributed by atoms with E-state index in [1.54, 1.807) is 17.1 Å². The van der Waals surface area contributed by atoms with Crippen LogP contribution < -0.4 is 5.73 Å². The average Bonchev–Trinajstić information content (AvgIpc) is 2.72. The van der Waals surface area contributed by atoms with Crippen LogP contribution in [0.1, 0.15) is 17.3 Å². The van der Waals surface area contributed by atoms with Crippen molar-refractivity contribution >= 4 is 11.7 Å². The monoisotopic (exact) mass is 195 g/mol. The van der Waals surface area contributed by atoms with Gasteiger partial charge in [0.25, 0.3) is 0 Å². The van der Waals surface area contributed by atoms with Gasteiger partial charge in [0.15, 0.2) is 0 Å². The molecular formula is C7H9N5S. The molecule has 13 heavy (non-hydrogen) atoms. The molecule has 0 fully saturated rings. The molecule has 0 amide bonds. The zero-order valence-corrected chi connectivity index (χ0v) is 7.90. The number of hydrogen-bond donors (Lipinski definition) is 1. The number of nitrogens with zero attached hydrogens (tertiary/aromatic N) is 4. The van der Waals surface area contributed by atoms with E-state index < -0.39 is 0 Å². The summed E-state index contributed by atoms with van der Waals surface area (Å²) in [5.41, 5.74) is 7.67. The lowest BCUT2D eigenvalue weighted by Crippen LogP contribution is -2.11. The second-order valence-electron chi connectivity index (χ2n) is 2.76. The third-order valence-electron chi connectivity index (χ3n) is 1.78. The maximum absolute atomic E-state index is 5.92. The Balaban J connectivity index is 2.28. The van der Waals surface area contributed by atoms with E-state index in [1.807, 2.05) is 13.2 Å². The van der Waals surface area contributed by atoms with Crippen LogP contribution in [0, 0.1) is 0 Å². The fraction of sp³-hybridized carbons (Fsp3) is 0.286. The van der Waals surface area contributed by atoms with Gasteiger partial charge in [-0.05, 0) is 0 Å². The van der Waals surface area contributed by atoms with Crippen LogP contribution >= 0.6 is 11.7 Å². The van der Waals surface area contributed by atoms with Gasteiger partial charge < -0.3 is 5.73 Å². The van der Waals surface area contributed by atoms with Crippen LogP contribution in [0.15, 0.2) is 18.6 Å². The number of aromatic nitrogens is 4. The largest absolute Gasteiger partial charge is 0.319 e. The third kappa shape index (κ3) is 1.58. The van der Waals surface area contributed by atoms with Crippen LogP contribution in [0.25, 0.3) is 0 Å². The van der Waals surface area contributed by atoms with E-state index in [-0.39, 0.29) is 6.04 Å². The minimum Gasteiger partial charge on any atom is -0.319 e. The standard InChI is InChI=1S/C7H9N5S/c1-12-4-5(2-9-12)7(8)6-3-10-13-11-6/h2-4,7H,8H2,1H3. The van der Waals surface area contributed by atoms with Crippen LogP contribution in [0.3, 0.4) is 0 Å². The maximum atomic E-state index is 5.92. The molecule has 0 aliphatic rings. The highest BCUT2D eigenvalue weighted by Gasteiger charge is 2.12. The first-order valence-electron chi connectivity index (χ1n) is 3.79. The Bertz CT molecular complexity index is 379. The Hall–Kier alpha value is -1.27. The van der Waals surface area contributed by atoms with Gasteiger partial charge >= 0.3 is 0 Å². The van der Waals surface area contributed by atoms with Crippen LogP contribution in [0.5, 0.6) is 0 Å². The molecule has 1 atom stereocenters. The Morgan fingerprint density at radius 3 is 2.92 bits per heavy atom. The molecule has 2 N–H and O–H groups in total. The van der Waals surface area contributed by atoms with Crippen LogP contribution in [-0.2, 0) is 7.05 Å². The van der Waals surface area contributed by atoms with E-state index in [1.165, 1.54) is 0 Å². The van der Waals surface area contributed by atoms with Gasteiger partial charge in [-0.25, -0.2) is 0 Å². The van der Waals surface area contributed by atoms with Crippen molar-refractivity contribution in [1.29, 1.82) is 0 Å². The first kappa shape index (κ1) is 8.33. The molecule has 0 radical (unpaired) electrons. The summed E-state index contributed by atoms with van der Waals surface area (Å²) in [6.07, 6.45) is 5.30. The highest BCUT2D eigenvalue weighted by atomic mass is 32.1. The SMILES string of the molecule is Cn1cc(C(N)c2cnsn2)cn1. The molecule has 0 saturated heterocycles. The highest BCUT2D eigenvalue weighted by molar-refractivity contribution is 6.99. The topological polar surface area (TPSA) is 69.6 Å². The minimum atomic E-state index is -0.215. The summed E-state index contributed by atoms with van der Waals surface area (Å²) in [6, 6.07) is -0.215. The van der Waals surface area contributed by atoms with E-state index in [4.69, 9.17) is 5.73 Å². The van der Waals surface area contributed by atoms with Gasteiger partial charge in [-0.2, -0.15) is 13.8 Å². The number of aryl methyl sites for hydroxylation is 1. The van der Waals surface area contributed by atoms with Crippen molar-refractivity contribution < 1.29 is 0 Å². The van der Waals surface area contributed by atoms with Gasteiger partial charge in [-0.15, -0.1) is 0 Å². The van der Waals surface area contributed by atoms with Crippen LogP contribution in [-0.4, -0.2) is 18.5 Å². The van der Waals surface area contributed by atoms with Crippen molar-refractivity contribution in [3.63, 3.8) is 0 Å². The summed E-state index contributed by atoms with van der Waals surface area (Å²) >= 11 is 1.16. The fourth-order valence-electron chi connectivity index (χ4n) is 1.08. The molecule has 0 aromatic carbocycles. The van der Waals surface area contributed by atoms with Crippen molar-refractivity contribution in [3.8, 4) is 0 Å². The molecule has 6 heteroatoms. The molecule has 0 bridgehead atoms. The van der Waals surface area contributed by atoms with E-state index in [0.29, 0.717) is 0 Å². The quantitative estimate of drug-likeness (QED) is 0.749. The summed E-state index contributed by atoms with van der Waals surface area (Å²) in [5, 5.41) is 4.04. The van der Waals surface area contributed by atoms with E-state index >= 15 is 0 Å². The van der Waals surface area contributed by atoms with E-state index in [0.717, 1.165) is 23.0 Å². The summed E-state index contributed by atoms with van der Waals surface area (Å²) in [4.78, 5) is 0. The van der Waals surface area contributed by atoms with Crippen molar-refractivity contribution in [3.05, 3.63) is 29.8 Å². The predicted molar refractivity (Wildman–Crippen MR) is 49.1 cm³/mol. The molecule has 0 saturated carbocycles. The summed E-state index contributed by atoms with van der Waals surface area (Å²) in [5.74, 6) is 0. The molecule has 2 aromatic heterocycles. The Labute approximate surface area is 79.5 Å². The average molecular weight is 195 g/mol. The Morgan fingerprint density at radius 1 is 1.54 bits per heavy atom. The summed E-state index contributed by atoms with van der Waals surface area (Å²) in [6.45, 7) is 0. The lowest BCUT2D eigenvalue weighted by atomic mass is 10.1. The molecular weight excluding hydrogens is 186 g/mol. The maximum Gasteiger partial charge on any atom is 0.0956 e. The predicted octanol–water partition coefficient (Wildman–Crippen LogP) is 0.320. The van der Waals surface area contributed by atoms with Crippen molar-refractivity contribution in [1.82, 2.24) is 18.5 Å². The molecule has 0 spiro atoms. The van der Waals surface area contributed by atoms with Gasteiger partial charge in [-0.3, -0.25) is 4.68 Å². The van der Waals surface area contributed by atoms with E-state index in [9.17, 15) is 0 Å². The van der Waals surface area contributed by atoms with Gasteiger partial charge in [0.05, 0.1) is 35.9 Å². The minimum absolute atomic E-state index is 0.215. The molecule has 2 heterocycles. The Kier molecular flexibility index (Phi) is 2.07. The first-order valence-corrected chi connectivity index (χ1v) is 4.52. The lowest BCUT2D eigenvalue weighted by Gasteiger charge is -2.03. The summed E-state index contributed by atoms with van der Waals surface area (Å²) in [7, 11) is 1.86. The molecule has 2 aromatic rings. The number of nitrogens with two attached hydrogens (primary N) is 1. The molecule has 0 aliphatic carbocycles. The molecule has 1 unspecified atom stereocenters. The highest BCUT2D eigenvalue weighted by Crippen LogP contribution is 2.16. The first-order chi connectivity index (χ1) is 6.27. The Morgan fingerprint density at radius 2 is 2.38 bits per heavy atom. The number of rotatable bonds is 2. The van der Waals surface area contributed by atoms with Crippen LogP contribution in [0.2, 0.25) is 0 Å². The van der Waals surface area contributed by atoms with Gasteiger partial charge in [0.2, 0.25) is 0 Å². The second kappa shape index (κ2) is 3.23. The summed E-state index contributed by atoms with van der Waals surface area (Å²) < 4.78 is 9.69. The molecule has 5 nitrogen and oxygen atoms in total. The molecule has 2 rings (SSSR count). The van der Waals surface area contributed by atoms with Crippen molar-refractivity contribution in [2.75, 3.05) is 0 Å². The zero-order chi connectivity index (χ0) is 9.26. The zero-order valence-electron chi connectivity index (χ0n) is 7.08. The molecule has 0 aliphatic heterocycles. The van der Waals surface area contributed by atoms with Crippen molar-refractivity contribution in [2.45, 2.75) is 6.04 Å². The number of hydrogen-bond acceptors (Lipinski definition) is 5. The van der Waals surface area contributed by atoms with E-state index in [2.05, 4.69) is 13.8 Å². The molecule has 68 valence electrons. The lowest BCUT2D eigenvalue weighted by molar-refractivity contribution is 0.764. The smallest absolute Gasteiger partial charge is 0.0956 e. The van der Waals surface area contributed by atoms with Gasteiger partial charge in [0, 0.05) is 18.8 Å². The van der Waals surface area contributed by atoms with Crippen molar-refractivity contribution in [2.24, 2.45) is 12.8 Å². The fourth-order valence-corrected chi connectivity index (χ4v) is 1.54. The van der Waals surface area contributed by atoms with Crippen LogP contribution in [0.4, 0.5) is 0 Å². The third-order valence-corrected chi connectivity index (χ3v) is 2.27. The van der Waals surface area contributed by atoms with Gasteiger partial charge in [0.1, 0.15) is 0 Å². The second-order valence-corrected chi connectivity index (χ2v) is 3.31. The van der Waals surface area contributed by atoms with Gasteiger partial charge in [-0.1, -0.05) is 0 Å².